The Hall–Kier alpha value is -4.39. The summed E-state index contributed by atoms with van der Waals surface area (Å²) < 4.78 is 5.93. The molecule has 1 unspecified atom stereocenters. The van der Waals surface area contributed by atoms with Crippen LogP contribution in [0.1, 0.15) is 76.7 Å². The van der Waals surface area contributed by atoms with Crippen molar-refractivity contribution in [2.75, 3.05) is 64.9 Å². The largest absolute Gasteiger partial charge is 0.494 e. The van der Waals surface area contributed by atoms with Gasteiger partial charge in [-0.25, -0.2) is 0 Å². The number of carbonyl (C=O) groups excluding carboxylic acids is 5. The van der Waals surface area contributed by atoms with Crippen molar-refractivity contribution in [1.29, 1.82) is 0 Å². The Bertz CT molecular complexity index is 1440. The van der Waals surface area contributed by atoms with E-state index in [4.69, 9.17) is 4.74 Å². The highest BCUT2D eigenvalue weighted by atomic mass is 16.5. The first kappa shape index (κ1) is 32.0. The van der Waals surface area contributed by atoms with Crippen molar-refractivity contribution >= 4 is 35.4 Å². The van der Waals surface area contributed by atoms with E-state index < -0.39 is 23.8 Å². The van der Waals surface area contributed by atoms with Crippen LogP contribution in [0.25, 0.3) is 0 Å². The highest BCUT2D eigenvalue weighted by molar-refractivity contribution is 6.23. The van der Waals surface area contributed by atoms with Crippen LogP contribution in [0.4, 0.5) is 5.82 Å². The van der Waals surface area contributed by atoms with Gasteiger partial charge in [0, 0.05) is 53.2 Å². The van der Waals surface area contributed by atoms with Gasteiger partial charge < -0.3 is 14.5 Å². The van der Waals surface area contributed by atoms with Gasteiger partial charge in [-0.05, 0) is 62.6 Å². The third kappa shape index (κ3) is 6.98. The predicted molar refractivity (Wildman–Crippen MR) is 165 cm³/mol. The highest BCUT2D eigenvalue weighted by Crippen LogP contribution is 2.31. The molecular weight excluding hydrogens is 578 g/mol. The van der Waals surface area contributed by atoms with E-state index in [1.165, 1.54) is 9.80 Å². The Morgan fingerprint density at radius 3 is 2.36 bits per heavy atom. The number of nitrogens with zero attached hydrogens (tertiary/aromatic N) is 7. The number of ether oxygens (including phenoxy) is 1. The molecule has 0 aliphatic carbocycles. The lowest BCUT2D eigenvalue weighted by atomic mass is 10.0. The standard InChI is InChI=1S/C32H41N7O6/c1-4-5-15-38-28(40)13-11-26(32(38)44)39-29(41)23-9-8-22(21-24(23)30(39)42)45-20-7-6-14-36-16-18-37(19-17-36)27-12-10-25(33-34-27)31(43)35(2)3/h8-10,12,21,26H,4-7,11,13-20H2,1-3H3. The van der Waals surface area contributed by atoms with Gasteiger partial charge in [0.25, 0.3) is 23.6 Å². The molecule has 1 aromatic heterocycles. The molecule has 0 N–H and O–H groups in total. The maximum atomic E-state index is 13.3. The van der Waals surface area contributed by atoms with Crippen molar-refractivity contribution in [3.05, 3.63) is 47.2 Å². The molecule has 13 nitrogen and oxygen atoms in total. The summed E-state index contributed by atoms with van der Waals surface area (Å²) in [5, 5.41) is 8.33. The number of hydrogen-bond acceptors (Lipinski definition) is 10. The van der Waals surface area contributed by atoms with E-state index in [0.29, 0.717) is 31.0 Å². The quantitative estimate of drug-likeness (QED) is 0.257. The normalized spacial score (nSPS) is 18.9. The van der Waals surface area contributed by atoms with Gasteiger partial charge in [0.15, 0.2) is 11.5 Å². The smallest absolute Gasteiger partial charge is 0.273 e. The fourth-order valence-corrected chi connectivity index (χ4v) is 5.89. The molecule has 4 heterocycles. The summed E-state index contributed by atoms with van der Waals surface area (Å²) in [6.45, 7) is 7.10. The van der Waals surface area contributed by atoms with Gasteiger partial charge >= 0.3 is 0 Å². The second-order valence-corrected chi connectivity index (χ2v) is 11.8. The number of unbranched alkanes of at least 4 members (excludes halogenated alkanes) is 2. The molecule has 2 saturated heterocycles. The van der Waals surface area contributed by atoms with Gasteiger partial charge in [-0.2, -0.15) is 0 Å². The van der Waals surface area contributed by atoms with E-state index >= 15 is 0 Å². The Labute approximate surface area is 263 Å². The molecule has 5 rings (SSSR count). The van der Waals surface area contributed by atoms with E-state index in [1.54, 1.807) is 38.4 Å². The number of amides is 5. The average Bonchev–Trinajstić information content (AvgIpc) is 3.29. The summed E-state index contributed by atoms with van der Waals surface area (Å²) in [6.07, 6.45) is 3.53. The Morgan fingerprint density at radius 1 is 0.911 bits per heavy atom. The van der Waals surface area contributed by atoms with Gasteiger partial charge in [-0.3, -0.25) is 38.7 Å². The van der Waals surface area contributed by atoms with E-state index in [0.717, 1.165) is 62.7 Å². The number of imide groups is 2. The summed E-state index contributed by atoms with van der Waals surface area (Å²) >= 11 is 0. The zero-order valence-corrected chi connectivity index (χ0v) is 26.2. The lowest BCUT2D eigenvalue weighted by molar-refractivity contribution is -0.151. The Kier molecular flexibility index (Phi) is 10.1. The van der Waals surface area contributed by atoms with E-state index in [1.807, 2.05) is 13.0 Å². The number of anilines is 1. The Morgan fingerprint density at radius 2 is 1.67 bits per heavy atom. The first-order valence-corrected chi connectivity index (χ1v) is 15.7. The summed E-state index contributed by atoms with van der Waals surface area (Å²) in [5.41, 5.74) is 0.805. The van der Waals surface area contributed by atoms with Crippen molar-refractivity contribution in [3.8, 4) is 5.75 Å². The maximum absolute atomic E-state index is 13.3. The lowest BCUT2D eigenvalue weighted by Gasteiger charge is -2.35. The average molecular weight is 620 g/mol. The number of hydrogen-bond donors (Lipinski definition) is 0. The minimum atomic E-state index is -0.967. The molecule has 0 radical (unpaired) electrons. The molecule has 240 valence electrons. The zero-order chi connectivity index (χ0) is 32.1. The number of fused-ring (bicyclic) bond motifs is 1. The number of carbonyl (C=O) groups is 5. The fourth-order valence-electron chi connectivity index (χ4n) is 5.89. The van der Waals surface area contributed by atoms with Crippen LogP contribution in [0.5, 0.6) is 5.75 Å². The predicted octanol–water partition coefficient (Wildman–Crippen LogP) is 2.07. The Balaban J connectivity index is 1.06. The van der Waals surface area contributed by atoms with Crippen molar-refractivity contribution in [2.45, 2.75) is 51.5 Å². The number of benzene rings is 1. The van der Waals surface area contributed by atoms with Crippen LogP contribution in [0.15, 0.2) is 30.3 Å². The molecule has 3 aliphatic heterocycles. The number of rotatable bonds is 12. The molecule has 13 heteroatoms. The van der Waals surface area contributed by atoms with Crippen LogP contribution in [-0.2, 0) is 9.59 Å². The summed E-state index contributed by atoms with van der Waals surface area (Å²) in [7, 11) is 3.37. The third-order valence-corrected chi connectivity index (χ3v) is 8.53. The van der Waals surface area contributed by atoms with Crippen molar-refractivity contribution in [1.82, 2.24) is 29.8 Å². The van der Waals surface area contributed by atoms with Crippen LogP contribution in [0.3, 0.4) is 0 Å². The van der Waals surface area contributed by atoms with E-state index in [-0.39, 0.29) is 35.8 Å². The molecule has 2 fully saturated rings. The monoisotopic (exact) mass is 619 g/mol. The maximum Gasteiger partial charge on any atom is 0.273 e. The van der Waals surface area contributed by atoms with Gasteiger partial charge in [0.1, 0.15) is 11.8 Å². The zero-order valence-electron chi connectivity index (χ0n) is 26.2. The van der Waals surface area contributed by atoms with Crippen LogP contribution in [-0.4, -0.2) is 125 Å². The lowest BCUT2D eigenvalue weighted by Crippen LogP contribution is -2.56. The van der Waals surface area contributed by atoms with Crippen molar-refractivity contribution in [2.24, 2.45) is 0 Å². The summed E-state index contributed by atoms with van der Waals surface area (Å²) in [6, 6.07) is 7.42. The minimum Gasteiger partial charge on any atom is -0.494 e. The first-order valence-electron chi connectivity index (χ1n) is 15.7. The van der Waals surface area contributed by atoms with E-state index in [9.17, 15) is 24.0 Å². The van der Waals surface area contributed by atoms with Gasteiger partial charge in [0.2, 0.25) is 5.91 Å². The highest BCUT2D eigenvalue weighted by Gasteiger charge is 2.47. The second kappa shape index (κ2) is 14.1. The molecule has 1 aromatic carbocycles. The second-order valence-electron chi connectivity index (χ2n) is 11.8. The first-order chi connectivity index (χ1) is 21.7. The van der Waals surface area contributed by atoms with Crippen LogP contribution < -0.4 is 9.64 Å². The molecule has 45 heavy (non-hydrogen) atoms. The SMILES string of the molecule is CCCCN1C(=O)CCC(N2C(=O)c3ccc(OCCCCN4CCN(c5ccc(C(=O)N(C)C)nn5)CC4)cc3C2=O)C1=O. The molecule has 1 atom stereocenters. The van der Waals surface area contributed by atoms with Gasteiger partial charge in [-0.1, -0.05) is 13.3 Å². The van der Waals surface area contributed by atoms with Crippen molar-refractivity contribution in [3.63, 3.8) is 0 Å². The fraction of sp³-hybridized carbons (Fsp3) is 0.531. The van der Waals surface area contributed by atoms with Gasteiger partial charge in [0.05, 0.1) is 17.7 Å². The third-order valence-electron chi connectivity index (χ3n) is 8.53. The van der Waals surface area contributed by atoms with Gasteiger partial charge in [-0.15, -0.1) is 10.2 Å². The summed E-state index contributed by atoms with van der Waals surface area (Å²) in [4.78, 5) is 72.2. The molecule has 0 bridgehead atoms. The minimum absolute atomic E-state index is 0.126. The molecule has 0 spiro atoms. The molecule has 0 saturated carbocycles. The summed E-state index contributed by atoms with van der Waals surface area (Å²) in [5.74, 6) is -0.664. The van der Waals surface area contributed by atoms with Crippen LogP contribution in [0, 0.1) is 0 Å². The number of piperazine rings is 1. The number of piperidine rings is 1. The van der Waals surface area contributed by atoms with E-state index in [2.05, 4.69) is 20.0 Å². The van der Waals surface area contributed by atoms with Crippen LogP contribution in [0.2, 0.25) is 0 Å². The number of aromatic nitrogens is 2. The van der Waals surface area contributed by atoms with Crippen LogP contribution >= 0.6 is 0 Å². The number of likely N-dealkylation sites (tertiary alicyclic amines) is 1. The molecule has 2 aromatic rings. The van der Waals surface area contributed by atoms with Crippen molar-refractivity contribution < 1.29 is 28.7 Å². The molecule has 5 amide bonds. The molecular formula is C32H41N7O6. The topological polar surface area (TPSA) is 137 Å². The molecule has 3 aliphatic rings.